The van der Waals surface area contributed by atoms with Crippen molar-refractivity contribution < 1.29 is 9.47 Å². The average molecular weight is 254 g/mol. The van der Waals surface area contributed by atoms with E-state index >= 15 is 0 Å². The van der Waals surface area contributed by atoms with Crippen LogP contribution in [0.4, 0.5) is 0 Å². The van der Waals surface area contributed by atoms with Gasteiger partial charge >= 0.3 is 0 Å². The van der Waals surface area contributed by atoms with Crippen molar-refractivity contribution in [1.82, 2.24) is 0 Å². The maximum Gasteiger partial charge on any atom is 0.133 e. The minimum Gasteiger partial charge on any atom is -0.496 e. The highest BCUT2D eigenvalue weighted by atomic mass is 32.1. The molecule has 0 aliphatic rings. The molecular formula is C12H14O2S2. The number of hydrogen-bond donors (Lipinski definition) is 0. The van der Waals surface area contributed by atoms with Crippen molar-refractivity contribution in [3.63, 3.8) is 0 Å². The van der Waals surface area contributed by atoms with E-state index in [0.717, 1.165) is 11.5 Å². The third kappa shape index (κ3) is 1.95. The van der Waals surface area contributed by atoms with E-state index in [0.29, 0.717) is 0 Å². The van der Waals surface area contributed by atoms with Crippen LogP contribution in [0.15, 0.2) is 12.1 Å². The summed E-state index contributed by atoms with van der Waals surface area (Å²) in [6.07, 6.45) is 0. The molecule has 16 heavy (non-hydrogen) atoms. The summed E-state index contributed by atoms with van der Waals surface area (Å²) in [4.78, 5) is 4.90. The van der Waals surface area contributed by atoms with Gasteiger partial charge in [0.25, 0.3) is 0 Å². The van der Waals surface area contributed by atoms with Gasteiger partial charge in [-0.05, 0) is 26.0 Å². The van der Waals surface area contributed by atoms with E-state index in [2.05, 4.69) is 26.0 Å². The van der Waals surface area contributed by atoms with Crippen LogP contribution in [0.3, 0.4) is 0 Å². The van der Waals surface area contributed by atoms with Crippen LogP contribution >= 0.6 is 22.7 Å². The van der Waals surface area contributed by atoms with Crippen molar-refractivity contribution in [2.24, 2.45) is 0 Å². The van der Waals surface area contributed by atoms with Crippen molar-refractivity contribution in [2.45, 2.75) is 13.8 Å². The summed E-state index contributed by atoms with van der Waals surface area (Å²) in [5.41, 5.74) is 0. The van der Waals surface area contributed by atoms with Gasteiger partial charge in [0.15, 0.2) is 0 Å². The van der Waals surface area contributed by atoms with Gasteiger partial charge in [-0.1, -0.05) is 0 Å². The third-order valence-electron chi connectivity index (χ3n) is 2.43. The normalized spacial score (nSPS) is 10.5. The number of methoxy groups -OCH3 is 2. The molecule has 2 aromatic rings. The molecule has 2 rings (SSSR count). The quantitative estimate of drug-likeness (QED) is 0.820. The number of thiophene rings is 2. The number of ether oxygens (including phenoxy) is 2. The first-order chi connectivity index (χ1) is 7.65. The van der Waals surface area contributed by atoms with Crippen LogP contribution in [0.1, 0.15) is 9.75 Å². The monoisotopic (exact) mass is 254 g/mol. The molecule has 86 valence electrons. The van der Waals surface area contributed by atoms with Gasteiger partial charge in [-0.2, -0.15) is 0 Å². The Morgan fingerprint density at radius 3 is 1.44 bits per heavy atom. The van der Waals surface area contributed by atoms with Crippen molar-refractivity contribution in [3.8, 4) is 21.3 Å². The van der Waals surface area contributed by atoms with Gasteiger partial charge in [0, 0.05) is 19.5 Å². The second-order valence-electron chi connectivity index (χ2n) is 3.47. The molecular weight excluding hydrogens is 240 g/mol. The summed E-state index contributed by atoms with van der Waals surface area (Å²) in [5, 5.41) is 0. The highest BCUT2D eigenvalue weighted by Gasteiger charge is 2.12. The van der Waals surface area contributed by atoms with Crippen LogP contribution in [0, 0.1) is 13.8 Å². The molecule has 0 radical (unpaired) electrons. The number of rotatable bonds is 3. The SMILES string of the molecule is COc1cc(-c2cc(OC)c(C)s2)sc1C. The van der Waals surface area contributed by atoms with E-state index in [1.54, 1.807) is 36.9 Å². The van der Waals surface area contributed by atoms with Crippen LogP contribution in [0.5, 0.6) is 11.5 Å². The fraction of sp³-hybridized carbons (Fsp3) is 0.333. The lowest BCUT2D eigenvalue weighted by molar-refractivity contribution is 0.413. The summed E-state index contributed by atoms with van der Waals surface area (Å²) in [6.45, 7) is 4.15. The Bertz CT molecular complexity index is 451. The topological polar surface area (TPSA) is 18.5 Å². The molecule has 0 aromatic carbocycles. The van der Waals surface area contributed by atoms with Gasteiger partial charge in [0.05, 0.1) is 14.2 Å². The van der Waals surface area contributed by atoms with E-state index in [9.17, 15) is 0 Å². The Balaban J connectivity index is 2.42. The Morgan fingerprint density at radius 1 is 0.812 bits per heavy atom. The first-order valence-electron chi connectivity index (χ1n) is 4.95. The lowest BCUT2D eigenvalue weighted by Gasteiger charge is -1.93. The van der Waals surface area contributed by atoms with E-state index < -0.39 is 0 Å². The zero-order valence-electron chi connectivity index (χ0n) is 9.79. The van der Waals surface area contributed by atoms with Crippen LogP contribution in [0.25, 0.3) is 9.75 Å². The van der Waals surface area contributed by atoms with Crippen molar-refractivity contribution in [1.29, 1.82) is 0 Å². The molecule has 0 saturated heterocycles. The summed E-state index contributed by atoms with van der Waals surface area (Å²) in [5.74, 6) is 1.93. The molecule has 0 aliphatic carbocycles. The van der Waals surface area contributed by atoms with Gasteiger partial charge < -0.3 is 9.47 Å². The molecule has 0 amide bonds. The highest BCUT2D eigenvalue weighted by Crippen LogP contribution is 2.41. The molecule has 0 aliphatic heterocycles. The Hall–Kier alpha value is -1.00. The van der Waals surface area contributed by atoms with E-state index in [1.807, 2.05) is 0 Å². The number of aryl methyl sites for hydroxylation is 2. The molecule has 0 unspecified atom stereocenters. The Morgan fingerprint density at radius 2 is 1.19 bits per heavy atom. The molecule has 4 heteroatoms. The summed E-state index contributed by atoms with van der Waals surface area (Å²) in [6, 6.07) is 4.18. The zero-order chi connectivity index (χ0) is 11.7. The summed E-state index contributed by atoms with van der Waals surface area (Å²) < 4.78 is 10.6. The molecule has 0 N–H and O–H groups in total. The predicted molar refractivity (Wildman–Crippen MR) is 70.2 cm³/mol. The second-order valence-corrected chi connectivity index (χ2v) is 5.98. The zero-order valence-corrected chi connectivity index (χ0v) is 11.4. The summed E-state index contributed by atoms with van der Waals surface area (Å²) >= 11 is 3.51. The Labute approximate surface area is 103 Å². The van der Waals surface area contributed by atoms with Gasteiger partial charge in [0.2, 0.25) is 0 Å². The van der Waals surface area contributed by atoms with Crippen molar-refractivity contribution in [3.05, 3.63) is 21.9 Å². The molecule has 2 nitrogen and oxygen atoms in total. The van der Waals surface area contributed by atoms with Gasteiger partial charge in [-0.15, -0.1) is 22.7 Å². The van der Waals surface area contributed by atoms with Crippen molar-refractivity contribution >= 4 is 22.7 Å². The average Bonchev–Trinajstić information content (AvgIpc) is 2.81. The largest absolute Gasteiger partial charge is 0.496 e. The van der Waals surface area contributed by atoms with E-state index in [1.165, 1.54) is 19.5 Å². The standard InChI is InChI=1S/C12H14O2S2/c1-7-9(13-3)5-11(15-7)12-6-10(14-4)8(2)16-12/h5-6H,1-4H3. The first kappa shape index (κ1) is 11.5. The molecule has 2 aromatic heterocycles. The molecule has 0 atom stereocenters. The van der Waals surface area contributed by atoms with Gasteiger partial charge in [-0.3, -0.25) is 0 Å². The highest BCUT2D eigenvalue weighted by molar-refractivity contribution is 7.22. The lowest BCUT2D eigenvalue weighted by atomic mass is 10.3. The smallest absolute Gasteiger partial charge is 0.133 e. The fourth-order valence-corrected chi connectivity index (χ4v) is 3.63. The third-order valence-corrected chi connectivity index (χ3v) is 4.69. The van der Waals surface area contributed by atoms with Gasteiger partial charge in [-0.25, -0.2) is 0 Å². The van der Waals surface area contributed by atoms with Crippen molar-refractivity contribution in [2.75, 3.05) is 14.2 Å². The maximum atomic E-state index is 5.29. The second kappa shape index (κ2) is 4.47. The number of hydrogen-bond acceptors (Lipinski definition) is 4. The van der Waals surface area contributed by atoms with Gasteiger partial charge in [0.1, 0.15) is 11.5 Å². The summed E-state index contributed by atoms with van der Waals surface area (Å²) in [7, 11) is 3.41. The van der Waals surface area contributed by atoms with E-state index in [4.69, 9.17) is 9.47 Å². The molecule has 2 heterocycles. The van der Waals surface area contributed by atoms with E-state index in [-0.39, 0.29) is 0 Å². The lowest BCUT2D eigenvalue weighted by Crippen LogP contribution is -1.79. The minimum absolute atomic E-state index is 0.963. The maximum absolute atomic E-state index is 5.29. The fourth-order valence-electron chi connectivity index (χ4n) is 1.58. The van der Waals surface area contributed by atoms with Crippen LogP contribution in [-0.2, 0) is 0 Å². The predicted octanol–water partition coefficient (Wildman–Crippen LogP) is 4.11. The van der Waals surface area contributed by atoms with Crippen LogP contribution in [-0.4, -0.2) is 14.2 Å². The van der Waals surface area contributed by atoms with Crippen LogP contribution < -0.4 is 9.47 Å². The minimum atomic E-state index is 0.963. The Kier molecular flexibility index (Phi) is 3.21. The molecule has 0 fully saturated rings. The molecule has 0 saturated carbocycles. The molecule has 0 spiro atoms. The first-order valence-corrected chi connectivity index (χ1v) is 6.58. The van der Waals surface area contributed by atoms with Crippen LogP contribution in [0.2, 0.25) is 0 Å². The molecule has 0 bridgehead atoms.